The molecule has 9 heteroatoms. The van der Waals surface area contributed by atoms with E-state index in [0.717, 1.165) is 42.1 Å². The first-order valence-corrected chi connectivity index (χ1v) is 13.0. The summed E-state index contributed by atoms with van der Waals surface area (Å²) in [5, 5.41) is 6.69. The molecule has 0 radical (unpaired) electrons. The Labute approximate surface area is 204 Å². The smallest absolute Gasteiger partial charge is 0.234 e. The van der Waals surface area contributed by atoms with Crippen molar-refractivity contribution in [2.75, 3.05) is 22.1 Å². The van der Waals surface area contributed by atoms with Crippen molar-refractivity contribution in [3.8, 4) is 0 Å². The lowest BCUT2D eigenvalue weighted by molar-refractivity contribution is -0.114. The number of benzene rings is 2. The number of hydrogen-bond acceptors (Lipinski definition) is 7. The number of carbonyl (C=O) groups is 2. The van der Waals surface area contributed by atoms with E-state index in [1.807, 2.05) is 68.4 Å². The van der Waals surface area contributed by atoms with Crippen LogP contribution in [0.4, 0.5) is 11.4 Å². The number of aryl methyl sites for hydroxylation is 2. The Balaban J connectivity index is 1.31. The van der Waals surface area contributed by atoms with Crippen molar-refractivity contribution in [2.45, 2.75) is 23.2 Å². The van der Waals surface area contributed by atoms with Crippen LogP contribution in [0.3, 0.4) is 0 Å². The van der Waals surface area contributed by atoms with E-state index < -0.39 is 0 Å². The molecule has 2 aromatic carbocycles. The van der Waals surface area contributed by atoms with Gasteiger partial charge in [0.15, 0.2) is 4.34 Å². The molecule has 4 rings (SSSR count). The van der Waals surface area contributed by atoms with Crippen molar-refractivity contribution >= 4 is 68.3 Å². The molecule has 2 amide bonds. The number of carbonyl (C=O) groups excluding carboxylic acids is 2. The van der Waals surface area contributed by atoms with Crippen LogP contribution in [0.2, 0.25) is 0 Å². The van der Waals surface area contributed by atoms with Gasteiger partial charge in [-0.25, -0.2) is 9.97 Å². The highest BCUT2D eigenvalue weighted by Gasteiger charge is 2.11. The number of anilines is 2. The van der Waals surface area contributed by atoms with Gasteiger partial charge in [0.05, 0.1) is 26.7 Å². The lowest BCUT2D eigenvalue weighted by Gasteiger charge is -2.08. The van der Waals surface area contributed by atoms with Gasteiger partial charge in [-0.1, -0.05) is 47.3 Å². The predicted molar refractivity (Wildman–Crippen MR) is 138 cm³/mol. The Morgan fingerprint density at radius 2 is 1.76 bits per heavy atom. The molecule has 0 aliphatic rings. The lowest BCUT2D eigenvalue weighted by atomic mass is 10.1. The average Bonchev–Trinajstić information content (AvgIpc) is 3.21. The molecule has 0 saturated heterocycles. The number of thiazole rings is 1. The van der Waals surface area contributed by atoms with Gasteiger partial charge >= 0.3 is 0 Å². The number of fused-ring (bicyclic) bond motifs is 1. The third-order valence-electron chi connectivity index (χ3n) is 4.62. The molecule has 33 heavy (non-hydrogen) atoms. The third kappa shape index (κ3) is 6.56. The molecule has 0 bridgehead atoms. The van der Waals surface area contributed by atoms with E-state index in [4.69, 9.17) is 0 Å². The summed E-state index contributed by atoms with van der Waals surface area (Å²) < 4.78 is 1.78. The minimum Gasteiger partial charge on any atom is -0.325 e. The normalized spacial score (nSPS) is 10.8. The molecule has 0 aliphatic heterocycles. The van der Waals surface area contributed by atoms with Gasteiger partial charge in [0, 0.05) is 17.6 Å². The summed E-state index contributed by atoms with van der Waals surface area (Å²) in [6.07, 6.45) is 1.71. The van der Waals surface area contributed by atoms with Crippen LogP contribution < -0.4 is 10.6 Å². The number of aromatic nitrogens is 2. The Morgan fingerprint density at radius 3 is 2.55 bits per heavy atom. The molecule has 2 aromatic heterocycles. The van der Waals surface area contributed by atoms with Crippen LogP contribution in [0.5, 0.6) is 0 Å². The van der Waals surface area contributed by atoms with Crippen LogP contribution in [-0.2, 0) is 9.59 Å². The van der Waals surface area contributed by atoms with Crippen molar-refractivity contribution in [2.24, 2.45) is 0 Å². The fourth-order valence-corrected chi connectivity index (χ4v) is 5.65. The molecular weight excluding hydrogens is 472 g/mol. The minimum absolute atomic E-state index is 0.0652. The summed E-state index contributed by atoms with van der Waals surface area (Å²) in [7, 11) is 0. The molecule has 168 valence electrons. The quantitative estimate of drug-likeness (QED) is 0.303. The molecule has 0 aliphatic carbocycles. The van der Waals surface area contributed by atoms with E-state index in [9.17, 15) is 9.59 Å². The summed E-state index contributed by atoms with van der Waals surface area (Å²) >= 11 is 4.31. The van der Waals surface area contributed by atoms with Gasteiger partial charge in [-0.15, -0.1) is 11.3 Å². The van der Waals surface area contributed by atoms with E-state index in [-0.39, 0.29) is 23.3 Å². The molecule has 6 nitrogen and oxygen atoms in total. The SMILES string of the molecule is Cc1ccc(NC(=O)CSc2nc3ccc(NC(=O)CSc4ccccn4)cc3s2)c(C)c1. The van der Waals surface area contributed by atoms with Gasteiger partial charge in [0.1, 0.15) is 0 Å². The summed E-state index contributed by atoms with van der Waals surface area (Å²) in [6.45, 7) is 4.01. The molecule has 0 atom stereocenters. The minimum atomic E-state index is -0.0906. The van der Waals surface area contributed by atoms with Gasteiger partial charge < -0.3 is 10.6 Å². The van der Waals surface area contributed by atoms with Crippen LogP contribution in [0.15, 0.2) is 70.2 Å². The van der Waals surface area contributed by atoms with Crippen molar-refractivity contribution in [1.29, 1.82) is 0 Å². The second-order valence-electron chi connectivity index (χ2n) is 7.32. The van der Waals surface area contributed by atoms with Gasteiger partial charge in [-0.3, -0.25) is 9.59 Å². The van der Waals surface area contributed by atoms with E-state index >= 15 is 0 Å². The van der Waals surface area contributed by atoms with Crippen LogP contribution >= 0.6 is 34.9 Å². The largest absolute Gasteiger partial charge is 0.325 e. The molecule has 0 spiro atoms. The Morgan fingerprint density at radius 1 is 0.939 bits per heavy atom. The zero-order valence-corrected chi connectivity index (χ0v) is 20.6. The first-order valence-electron chi connectivity index (χ1n) is 10.2. The van der Waals surface area contributed by atoms with E-state index in [0.29, 0.717) is 0 Å². The van der Waals surface area contributed by atoms with Crippen molar-refractivity contribution < 1.29 is 9.59 Å². The molecule has 2 N–H and O–H groups in total. The Hall–Kier alpha value is -2.88. The van der Waals surface area contributed by atoms with Crippen LogP contribution in [0.25, 0.3) is 10.2 Å². The molecule has 0 unspecified atom stereocenters. The van der Waals surface area contributed by atoms with Gasteiger partial charge in [0.25, 0.3) is 0 Å². The number of nitrogens with zero attached hydrogens (tertiary/aromatic N) is 2. The lowest BCUT2D eigenvalue weighted by Crippen LogP contribution is -2.14. The van der Waals surface area contributed by atoms with Gasteiger partial charge in [0.2, 0.25) is 11.8 Å². The predicted octanol–water partition coefficient (Wildman–Crippen LogP) is 5.77. The standard InChI is InChI=1S/C24H22N4O2S3/c1-15-6-8-18(16(2)11-15)27-22(30)14-32-24-28-19-9-7-17(12-20(19)33-24)26-21(29)13-31-23-5-3-4-10-25-23/h3-12H,13-14H2,1-2H3,(H,26,29)(H,27,30). The molecule has 2 heterocycles. The monoisotopic (exact) mass is 494 g/mol. The van der Waals surface area contributed by atoms with Crippen molar-refractivity contribution in [3.05, 3.63) is 71.9 Å². The third-order valence-corrected chi connectivity index (χ3v) is 7.73. The van der Waals surface area contributed by atoms with Gasteiger partial charge in [-0.05, 0) is 55.8 Å². The zero-order chi connectivity index (χ0) is 23.2. The topological polar surface area (TPSA) is 84.0 Å². The number of rotatable bonds is 8. The van der Waals surface area contributed by atoms with Crippen molar-refractivity contribution in [3.63, 3.8) is 0 Å². The maximum atomic E-state index is 12.4. The first kappa shape index (κ1) is 23.3. The van der Waals surface area contributed by atoms with E-state index in [1.165, 1.54) is 34.9 Å². The average molecular weight is 495 g/mol. The second kappa shape index (κ2) is 10.8. The van der Waals surface area contributed by atoms with Crippen LogP contribution in [-0.4, -0.2) is 33.3 Å². The molecule has 0 fully saturated rings. The summed E-state index contributed by atoms with van der Waals surface area (Å²) in [5.74, 6) is 0.410. The maximum absolute atomic E-state index is 12.4. The maximum Gasteiger partial charge on any atom is 0.234 e. The summed E-state index contributed by atoms with van der Waals surface area (Å²) in [5.41, 5.74) is 4.61. The fraction of sp³-hybridized carbons (Fsp3) is 0.167. The molecule has 4 aromatic rings. The second-order valence-corrected chi connectivity index (χ2v) is 10.6. The van der Waals surface area contributed by atoms with Crippen molar-refractivity contribution in [1.82, 2.24) is 9.97 Å². The number of hydrogen-bond donors (Lipinski definition) is 2. The first-order chi connectivity index (χ1) is 16.0. The van der Waals surface area contributed by atoms with Crippen LogP contribution in [0, 0.1) is 13.8 Å². The number of pyridine rings is 1. The molecular formula is C24H22N4O2S3. The van der Waals surface area contributed by atoms with Gasteiger partial charge in [-0.2, -0.15) is 0 Å². The van der Waals surface area contributed by atoms with E-state index in [2.05, 4.69) is 20.6 Å². The zero-order valence-electron chi connectivity index (χ0n) is 18.1. The fourth-order valence-electron chi connectivity index (χ4n) is 3.08. The summed E-state index contributed by atoms with van der Waals surface area (Å²) in [4.78, 5) is 33.4. The Kier molecular flexibility index (Phi) is 7.64. The molecule has 0 saturated carbocycles. The highest BCUT2D eigenvalue weighted by molar-refractivity contribution is 8.01. The highest BCUT2D eigenvalue weighted by atomic mass is 32.2. The number of thioether (sulfide) groups is 2. The summed E-state index contributed by atoms with van der Waals surface area (Å²) in [6, 6.07) is 17.2. The number of amides is 2. The highest BCUT2D eigenvalue weighted by Crippen LogP contribution is 2.31. The number of nitrogens with one attached hydrogen (secondary N) is 2. The Bertz CT molecular complexity index is 1290. The van der Waals surface area contributed by atoms with E-state index in [1.54, 1.807) is 6.20 Å². The van der Waals surface area contributed by atoms with Crippen LogP contribution in [0.1, 0.15) is 11.1 Å².